The van der Waals surface area contributed by atoms with Crippen LogP contribution < -0.4 is 0 Å². The summed E-state index contributed by atoms with van der Waals surface area (Å²) < 4.78 is 17.9. The smallest absolute Gasteiger partial charge is 0.256 e. The molecular weight excluding hydrogens is 171 g/mol. The summed E-state index contributed by atoms with van der Waals surface area (Å²) in [5.41, 5.74) is 0. The third-order valence-corrected chi connectivity index (χ3v) is 2.11. The van der Waals surface area contributed by atoms with E-state index in [1.165, 1.54) is 0 Å². The van der Waals surface area contributed by atoms with Gasteiger partial charge in [0.05, 0.1) is 0 Å². The minimum atomic E-state index is -1.50. The minimum Gasteiger partial charge on any atom is -0.381 e. The summed E-state index contributed by atoms with van der Waals surface area (Å²) in [5.74, 6) is -0.228. The van der Waals surface area contributed by atoms with E-state index in [4.69, 9.17) is 16.3 Å². The monoisotopic (exact) mass is 180 g/mol. The van der Waals surface area contributed by atoms with Crippen LogP contribution in [0.3, 0.4) is 0 Å². The maximum absolute atomic E-state index is 12.9. The van der Waals surface area contributed by atoms with Crippen LogP contribution in [0.25, 0.3) is 0 Å². The van der Waals surface area contributed by atoms with E-state index in [2.05, 4.69) is 0 Å². The normalized spacial score (nSPS) is 23.1. The maximum Gasteiger partial charge on any atom is 0.256 e. The Morgan fingerprint density at radius 1 is 1.55 bits per heavy atom. The number of ether oxygens (including phenoxy) is 1. The number of alkyl halides is 1. The van der Waals surface area contributed by atoms with Gasteiger partial charge in [0.2, 0.25) is 0 Å². The second-order valence-electron chi connectivity index (χ2n) is 2.66. The van der Waals surface area contributed by atoms with Crippen molar-refractivity contribution in [3.63, 3.8) is 0 Å². The highest BCUT2D eigenvalue weighted by atomic mass is 35.5. The second-order valence-corrected chi connectivity index (χ2v) is 3.03. The minimum absolute atomic E-state index is 0.228. The molecule has 1 saturated heterocycles. The molecule has 1 fully saturated rings. The number of hydrogen-bond acceptors (Lipinski definition) is 2. The first kappa shape index (κ1) is 8.94. The van der Waals surface area contributed by atoms with Gasteiger partial charge >= 0.3 is 0 Å². The van der Waals surface area contributed by atoms with Gasteiger partial charge in [-0.3, -0.25) is 4.79 Å². The van der Waals surface area contributed by atoms with E-state index in [1.54, 1.807) is 0 Å². The average molecular weight is 181 g/mol. The molecule has 0 aromatic carbocycles. The van der Waals surface area contributed by atoms with Crippen LogP contribution in [0.2, 0.25) is 0 Å². The number of carbonyl (C=O) groups excluding carboxylic acids is 1. The summed E-state index contributed by atoms with van der Waals surface area (Å²) in [6.45, 7) is 1.07. The van der Waals surface area contributed by atoms with Crippen LogP contribution in [0, 0.1) is 5.92 Å². The van der Waals surface area contributed by atoms with Crippen molar-refractivity contribution < 1.29 is 13.9 Å². The van der Waals surface area contributed by atoms with Gasteiger partial charge in [-0.05, 0) is 24.4 Å². The van der Waals surface area contributed by atoms with Crippen molar-refractivity contribution in [3.05, 3.63) is 0 Å². The maximum atomic E-state index is 12.9. The Bertz CT molecular complexity index is 145. The lowest BCUT2D eigenvalue weighted by Gasteiger charge is -2.22. The number of rotatable bonds is 2. The van der Waals surface area contributed by atoms with Crippen molar-refractivity contribution in [3.8, 4) is 0 Å². The molecule has 1 heterocycles. The summed E-state index contributed by atoms with van der Waals surface area (Å²) >= 11 is 5.01. The first-order valence-corrected chi connectivity index (χ1v) is 4.01. The van der Waals surface area contributed by atoms with Crippen LogP contribution in [0.5, 0.6) is 0 Å². The zero-order valence-electron chi connectivity index (χ0n) is 6.06. The van der Waals surface area contributed by atoms with Crippen LogP contribution in [-0.4, -0.2) is 24.6 Å². The van der Waals surface area contributed by atoms with Crippen molar-refractivity contribution >= 4 is 16.8 Å². The molecule has 0 aromatic heterocycles. The van der Waals surface area contributed by atoms with Crippen LogP contribution in [0.1, 0.15) is 12.8 Å². The standard InChI is InChI=1S/C7H10ClFO2/c8-7(10)6(9)5-1-3-11-4-2-5/h5-6H,1-4H2. The molecule has 0 amide bonds. The molecule has 11 heavy (non-hydrogen) atoms. The summed E-state index contributed by atoms with van der Waals surface area (Å²) in [7, 11) is 0. The highest BCUT2D eigenvalue weighted by Crippen LogP contribution is 2.22. The highest BCUT2D eigenvalue weighted by Gasteiger charge is 2.28. The lowest BCUT2D eigenvalue weighted by atomic mass is 9.96. The molecule has 64 valence electrons. The van der Waals surface area contributed by atoms with E-state index >= 15 is 0 Å². The first-order valence-electron chi connectivity index (χ1n) is 3.63. The number of carbonyl (C=O) groups is 1. The average Bonchev–Trinajstić information content (AvgIpc) is 2.05. The molecule has 0 aromatic rings. The van der Waals surface area contributed by atoms with Crippen molar-refractivity contribution in [2.24, 2.45) is 5.92 Å². The van der Waals surface area contributed by atoms with Crippen LogP contribution >= 0.6 is 11.6 Å². The molecule has 0 aliphatic carbocycles. The molecule has 0 N–H and O–H groups in total. The topological polar surface area (TPSA) is 26.3 Å². The fraction of sp³-hybridized carbons (Fsp3) is 0.857. The van der Waals surface area contributed by atoms with Crippen molar-refractivity contribution in [2.45, 2.75) is 19.0 Å². The highest BCUT2D eigenvalue weighted by molar-refractivity contribution is 6.64. The van der Waals surface area contributed by atoms with Gasteiger partial charge in [0.25, 0.3) is 5.24 Å². The van der Waals surface area contributed by atoms with Gasteiger partial charge in [-0.1, -0.05) is 0 Å². The zero-order valence-corrected chi connectivity index (χ0v) is 6.81. The van der Waals surface area contributed by atoms with E-state index in [0.29, 0.717) is 26.1 Å². The van der Waals surface area contributed by atoms with Gasteiger partial charge in [-0.15, -0.1) is 0 Å². The fourth-order valence-corrected chi connectivity index (χ4v) is 1.37. The summed E-state index contributed by atoms with van der Waals surface area (Å²) in [5, 5.41) is -0.878. The summed E-state index contributed by atoms with van der Waals surface area (Å²) in [6, 6.07) is 0. The van der Waals surface area contributed by atoms with Crippen molar-refractivity contribution in [1.29, 1.82) is 0 Å². The van der Waals surface area contributed by atoms with Crippen LogP contribution in [-0.2, 0) is 9.53 Å². The summed E-state index contributed by atoms with van der Waals surface area (Å²) in [4.78, 5) is 10.4. The van der Waals surface area contributed by atoms with E-state index in [-0.39, 0.29) is 5.92 Å². The molecule has 0 spiro atoms. The van der Waals surface area contributed by atoms with Crippen LogP contribution in [0.4, 0.5) is 4.39 Å². The molecule has 1 rings (SSSR count). The first-order chi connectivity index (χ1) is 5.22. The quantitative estimate of drug-likeness (QED) is 0.603. The Labute approximate surface area is 69.7 Å². The van der Waals surface area contributed by atoms with E-state index < -0.39 is 11.4 Å². The van der Waals surface area contributed by atoms with E-state index in [9.17, 15) is 9.18 Å². The third kappa shape index (κ3) is 2.42. The Kier molecular flexibility index (Phi) is 3.27. The molecule has 4 heteroatoms. The molecule has 1 unspecified atom stereocenters. The molecule has 1 atom stereocenters. The van der Waals surface area contributed by atoms with Gasteiger partial charge < -0.3 is 4.74 Å². The SMILES string of the molecule is O=C(Cl)C(F)C1CCOCC1. The molecule has 0 bridgehead atoms. The van der Waals surface area contributed by atoms with E-state index in [0.717, 1.165) is 0 Å². The molecule has 1 aliphatic heterocycles. The molecule has 2 nitrogen and oxygen atoms in total. The lowest BCUT2D eigenvalue weighted by molar-refractivity contribution is -0.119. The van der Waals surface area contributed by atoms with Gasteiger partial charge in [0.1, 0.15) is 0 Å². The predicted octanol–water partition coefficient (Wildman–Crippen LogP) is 1.52. The van der Waals surface area contributed by atoms with Gasteiger partial charge in [-0.2, -0.15) is 0 Å². The predicted molar refractivity (Wildman–Crippen MR) is 39.3 cm³/mol. The molecule has 0 saturated carbocycles. The zero-order chi connectivity index (χ0) is 8.27. The van der Waals surface area contributed by atoms with Gasteiger partial charge in [0.15, 0.2) is 6.17 Å². The van der Waals surface area contributed by atoms with E-state index in [1.807, 2.05) is 0 Å². The second kappa shape index (κ2) is 4.02. The lowest BCUT2D eigenvalue weighted by Crippen LogP contribution is -2.28. The van der Waals surface area contributed by atoms with Gasteiger partial charge in [-0.25, -0.2) is 4.39 Å². The van der Waals surface area contributed by atoms with Crippen molar-refractivity contribution in [2.75, 3.05) is 13.2 Å². The van der Waals surface area contributed by atoms with Crippen molar-refractivity contribution in [1.82, 2.24) is 0 Å². The fourth-order valence-electron chi connectivity index (χ4n) is 1.19. The number of hydrogen-bond donors (Lipinski definition) is 0. The molecule has 1 aliphatic rings. The van der Waals surface area contributed by atoms with Crippen LogP contribution in [0.15, 0.2) is 0 Å². The Balaban J connectivity index is 2.38. The summed E-state index contributed by atoms with van der Waals surface area (Å²) in [6.07, 6.45) is -0.306. The molecule has 0 radical (unpaired) electrons. The Morgan fingerprint density at radius 2 is 2.09 bits per heavy atom. The number of halogens is 2. The van der Waals surface area contributed by atoms with Gasteiger partial charge in [0, 0.05) is 19.1 Å². The Hall–Kier alpha value is -0.150. The Morgan fingerprint density at radius 3 is 2.55 bits per heavy atom. The largest absolute Gasteiger partial charge is 0.381 e. The molecular formula is C7H10ClFO2. The third-order valence-electron chi connectivity index (χ3n) is 1.90.